The minimum absolute atomic E-state index is 0.0153. The van der Waals surface area contributed by atoms with Crippen molar-refractivity contribution in [1.82, 2.24) is 0 Å². The van der Waals surface area contributed by atoms with Gasteiger partial charge < -0.3 is 8.85 Å². The lowest BCUT2D eigenvalue weighted by atomic mass is 10.6. The Labute approximate surface area is 110 Å². The summed E-state index contributed by atoms with van der Waals surface area (Å²) in [5, 5.41) is 0. The molecule has 0 atom stereocenters. The summed E-state index contributed by atoms with van der Waals surface area (Å²) in [5.74, 6) is 0.751. The van der Waals surface area contributed by atoms with Crippen LogP contribution in [-0.4, -0.2) is 37.9 Å². The molecule has 0 fully saturated rings. The predicted octanol–water partition coefficient (Wildman–Crippen LogP) is 3.72. The van der Waals surface area contributed by atoms with Gasteiger partial charge in [-0.3, -0.25) is 0 Å². The van der Waals surface area contributed by atoms with Crippen molar-refractivity contribution in [3.8, 4) is 0 Å². The van der Waals surface area contributed by atoms with E-state index in [0.29, 0.717) is 0 Å². The van der Waals surface area contributed by atoms with E-state index in [9.17, 15) is 0 Å². The van der Waals surface area contributed by atoms with Crippen LogP contribution in [0.2, 0.25) is 45.3 Å². The molecule has 0 aliphatic rings. The standard InChI is InChI=1S/C10H25ClO2Si3/c1-15(2,3)12-10(13-16(4,5)6)14-9-7-8-11/h10H,7-9H2,1-6H3. The average Bonchev–Trinajstić information content (AvgIpc) is 1.97. The molecule has 2 radical (unpaired) electrons. The molecule has 0 heterocycles. The van der Waals surface area contributed by atoms with Crippen LogP contribution in [0.4, 0.5) is 0 Å². The third kappa shape index (κ3) is 11.3. The second-order valence-corrected chi connectivity index (χ2v) is 16.5. The molecule has 0 N–H and O–H groups in total. The van der Waals surface area contributed by atoms with Crippen molar-refractivity contribution < 1.29 is 8.85 Å². The lowest BCUT2D eigenvalue weighted by Gasteiger charge is -2.31. The molecular weight excluding hydrogens is 272 g/mol. The van der Waals surface area contributed by atoms with E-state index in [4.69, 9.17) is 20.5 Å². The van der Waals surface area contributed by atoms with E-state index in [2.05, 4.69) is 39.3 Å². The number of hydrogen-bond acceptors (Lipinski definition) is 2. The molecule has 0 aliphatic carbocycles. The summed E-state index contributed by atoms with van der Waals surface area (Å²) in [7, 11) is -2.30. The van der Waals surface area contributed by atoms with Crippen LogP contribution >= 0.6 is 11.6 Å². The van der Waals surface area contributed by atoms with Crippen molar-refractivity contribution >= 4 is 37.8 Å². The molecule has 0 aromatic carbocycles. The summed E-state index contributed by atoms with van der Waals surface area (Å²) in [6.45, 7) is 13.2. The topological polar surface area (TPSA) is 18.5 Å². The van der Waals surface area contributed by atoms with Crippen LogP contribution in [0.5, 0.6) is 0 Å². The summed E-state index contributed by atoms with van der Waals surface area (Å²) < 4.78 is 12.2. The summed E-state index contributed by atoms with van der Waals surface area (Å²) in [4.78, 5) is 0. The van der Waals surface area contributed by atoms with Gasteiger partial charge in [-0.15, -0.1) is 11.6 Å². The number of rotatable bonds is 8. The van der Waals surface area contributed by atoms with Crippen LogP contribution in [-0.2, 0) is 8.85 Å². The Kier molecular flexibility index (Phi) is 7.72. The summed E-state index contributed by atoms with van der Waals surface area (Å²) >= 11 is 5.69. The Morgan fingerprint density at radius 3 is 1.75 bits per heavy atom. The second kappa shape index (κ2) is 7.33. The molecule has 0 saturated heterocycles. The largest absolute Gasteiger partial charge is 0.397 e. The van der Waals surface area contributed by atoms with Gasteiger partial charge in [0, 0.05) is 5.88 Å². The van der Waals surface area contributed by atoms with Crippen molar-refractivity contribution in [2.75, 3.05) is 5.88 Å². The van der Waals surface area contributed by atoms with E-state index in [0.717, 1.165) is 27.9 Å². The lowest BCUT2D eigenvalue weighted by Crippen LogP contribution is -2.42. The Balaban J connectivity index is 4.17. The van der Waals surface area contributed by atoms with Crippen LogP contribution < -0.4 is 0 Å². The van der Waals surface area contributed by atoms with Gasteiger partial charge in [0.1, 0.15) is 15.4 Å². The van der Waals surface area contributed by atoms with Crippen molar-refractivity contribution in [3.05, 3.63) is 0 Å². The molecule has 2 nitrogen and oxygen atoms in total. The zero-order valence-corrected chi connectivity index (χ0v) is 15.1. The van der Waals surface area contributed by atoms with Gasteiger partial charge in [-0.05, 0) is 45.7 Å². The highest BCUT2D eigenvalue weighted by molar-refractivity contribution is 6.71. The number of alkyl halides is 1. The molecule has 0 aromatic heterocycles. The molecule has 0 bridgehead atoms. The Morgan fingerprint density at radius 1 is 1.00 bits per heavy atom. The second-order valence-electron chi connectivity index (χ2n) is 5.79. The van der Waals surface area contributed by atoms with Gasteiger partial charge >= 0.3 is 0 Å². The first-order valence-electron chi connectivity index (χ1n) is 5.79. The number of halogens is 1. The first kappa shape index (κ1) is 16.9. The summed E-state index contributed by atoms with van der Waals surface area (Å²) in [6.07, 6.45) is 1.06. The maximum atomic E-state index is 6.08. The monoisotopic (exact) mass is 296 g/mol. The maximum absolute atomic E-state index is 6.08. The Hall–Kier alpha value is 0.861. The fourth-order valence-corrected chi connectivity index (χ4v) is 6.28. The first-order chi connectivity index (χ1) is 7.14. The highest BCUT2D eigenvalue weighted by Gasteiger charge is 2.26. The fourth-order valence-electron chi connectivity index (χ4n) is 1.04. The maximum Gasteiger partial charge on any atom is 0.186 e. The van der Waals surface area contributed by atoms with E-state index in [1.54, 1.807) is 0 Å². The predicted molar refractivity (Wildman–Crippen MR) is 78.5 cm³/mol. The van der Waals surface area contributed by atoms with Crippen molar-refractivity contribution in [2.45, 2.75) is 57.7 Å². The van der Waals surface area contributed by atoms with Crippen molar-refractivity contribution in [3.63, 3.8) is 0 Å². The van der Waals surface area contributed by atoms with Crippen LogP contribution in [0, 0.1) is 0 Å². The van der Waals surface area contributed by atoms with Gasteiger partial charge in [0.25, 0.3) is 0 Å². The fraction of sp³-hybridized carbons (Fsp3) is 1.00. The van der Waals surface area contributed by atoms with Crippen LogP contribution in [0.25, 0.3) is 0 Å². The molecule has 16 heavy (non-hydrogen) atoms. The molecule has 0 aromatic rings. The Morgan fingerprint density at radius 2 is 1.44 bits per heavy atom. The van der Waals surface area contributed by atoms with Crippen molar-refractivity contribution in [1.29, 1.82) is 0 Å². The highest BCUT2D eigenvalue weighted by atomic mass is 35.5. The Bertz CT molecular complexity index is 173. The first-order valence-corrected chi connectivity index (χ1v) is 14.4. The molecule has 0 spiro atoms. The van der Waals surface area contributed by atoms with Crippen LogP contribution in [0.3, 0.4) is 0 Å². The molecular formula is C10H25ClO2Si3. The average molecular weight is 297 g/mol. The third-order valence-electron chi connectivity index (χ3n) is 1.54. The van der Waals surface area contributed by atoms with E-state index in [-0.39, 0.29) is 5.91 Å². The summed E-state index contributed by atoms with van der Waals surface area (Å²) in [5.41, 5.74) is 0. The lowest BCUT2D eigenvalue weighted by molar-refractivity contribution is 0.0605. The van der Waals surface area contributed by atoms with Gasteiger partial charge in [-0.25, -0.2) is 0 Å². The zero-order chi connectivity index (χ0) is 12.8. The van der Waals surface area contributed by atoms with Crippen LogP contribution in [0.1, 0.15) is 6.42 Å². The molecule has 0 rings (SSSR count). The van der Waals surface area contributed by atoms with Gasteiger partial charge in [0.15, 0.2) is 16.6 Å². The smallest absolute Gasteiger partial charge is 0.186 e. The molecule has 0 unspecified atom stereocenters. The summed E-state index contributed by atoms with van der Waals surface area (Å²) in [6, 6.07) is 1.11. The van der Waals surface area contributed by atoms with Gasteiger partial charge in [-0.1, -0.05) is 6.04 Å². The third-order valence-corrected chi connectivity index (χ3v) is 5.33. The van der Waals surface area contributed by atoms with Crippen LogP contribution in [0.15, 0.2) is 0 Å². The van der Waals surface area contributed by atoms with E-state index < -0.39 is 16.6 Å². The molecule has 0 amide bonds. The van der Waals surface area contributed by atoms with Crippen molar-refractivity contribution in [2.24, 2.45) is 0 Å². The molecule has 0 saturated carbocycles. The quantitative estimate of drug-likeness (QED) is 0.294. The molecule has 96 valence electrons. The van der Waals surface area contributed by atoms with Gasteiger partial charge in [0.2, 0.25) is 0 Å². The van der Waals surface area contributed by atoms with Gasteiger partial charge in [-0.2, -0.15) is 0 Å². The van der Waals surface area contributed by atoms with E-state index in [1.807, 2.05) is 0 Å². The van der Waals surface area contributed by atoms with E-state index >= 15 is 0 Å². The minimum atomic E-state index is -1.51. The normalized spacial score (nSPS) is 13.5. The zero-order valence-electron chi connectivity index (χ0n) is 11.4. The molecule has 6 heteroatoms. The van der Waals surface area contributed by atoms with E-state index in [1.165, 1.54) is 0 Å². The minimum Gasteiger partial charge on any atom is -0.397 e. The molecule has 0 aliphatic heterocycles. The number of hydrogen-bond donors (Lipinski definition) is 0. The SMILES string of the molecule is C[Si](C)(C)OC(O[Si](C)(C)C)[Si]CCCCl. The van der Waals surface area contributed by atoms with Gasteiger partial charge in [0.05, 0.1) is 0 Å². The highest BCUT2D eigenvalue weighted by Crippen LogP contribution is 2.14.